The maximum absolute atomic E-state index is 12.5. The Kier molecular flexibility index (Phi) is 5.56. The molecule has 0 amide bonds. The SMILES string of the molecule is CCNCc1sc(S(=O)(=O)NC(C)c2cccs2)cc1C. The average Bonchev–Trinajstić information content (AvgIpc) is 3.05. The Labute approximate surface area is 134 Å². The molecule has 0 saturated carbocycles. The van der Waals surface area contributed by atoms with Gasteiger partial charge in [-0.25, -0.2) is 13.1 Å². The highest BCUT2D eigenvalue weighted by atomic mass is 32.2. The van der Waals surface area contributed by atoms with Crippen LogP contribution < -0.4 is 10.0 Å². The Morgan fingerprint density at radius 2 is 2.14 bits per heavy atom. The van der Waals surface area contributed by atoms with Crippen molar-refractivity contribution in [1.29, 1.82) is 0 Å². The summed E-state index contributed by atoms with van der Waals surface area (Å²) in [4.78, 5) is 2.08. The molecule has 0 aromatic carbocycles. The highest BCUT2D eigenvalue weighted by Crippen LogP contribution is 2.28. The number of aryl methyl sites for hydroxylation is 1. The van der Waals surface area contributed by atoms with E-state index >= 15 is 0 Å². The van der Waals surface area contributed by atoms with E-state index < -0.39 is 10.0 Å². The number of hydrogen-bond acceptors (Lipinski definition) is 5. The lowest BCUT2D eigenvalue weighted by Gasteiger charge is -2.11. The van der Waals surface area contributed by atoms with E-state index in [0.717, 1.165) is 21.9 Å². The van der Waals surface area contributed by atoms with Crippen LogP contribution in [0.4, 0.5) is 0 Å². The molecule has 2 heterocycles. The minimum absolute atomic E-state index is 0.213. The van der Waals surface area contributed by atoms with Crippen LogP contribution in [0.2, 0.25) is 0 Å². The maximum atomic E-state index is 12.5. The first-order valence-corrected chi connectivity index (χ1v) is 9.97. The van der Waals surface area contributed by atoms with Crippen molar-refractivity contribution >= 4 is 32.7 Å². The molecule has 21 heavy (non-hydrogen) atoms. The molecule has 0 aliphatic rings. The standard InChI is InChI=1S/C14H20N2O2S3/c1-4-15-9-13-10(2)8-14(20-13)21(17,18)16-11(3)12-6-5-7-19-12/h5-8,11,15-16H,4,9H2,1-3H3. The third-order valence-corrected chi connectivity index (χ3v) is 7.41. The van der Waals surface area contributed by atoms with Crippen LogP contribution in [0.25, 0.3) is 0 Å². The Bertz CT molecular complexity index is 675. The summed E-state index contributed by atoms with van der Waals surface area (Å²) in [6.45, 7) is 7.43. The quantitative estimate of drug-likeness (QED) is 0.810. The Hall–Kier alpha value is -0.730. The molecular formula is C14H20N2O2S3. The molecule has 0 bridgehead atoms. The highest BCUT2D eigenvalue weighted by Gasteiger charge is 2.22. The summed E-state index contributed by atoms with van der Waals surface area (Å²) in [6.07, 6.45) is 0. The van der Waals surface area contributed by atoms with Crippen LogP contribution in [0.1, 0.15) is 35.2 Å². The molecule has 1 atom stereocenters. The molecule has 2 aromatic heterocycles. The zero-order valence-electron chi connectivity index (χ0n) is 12.3. The zero-order chi connectivity index (χ0) is 15.5. The van der Waals surface area contributed by atoms with E-state index in [4.69, 9.17) is 0 Å². The smallest absolute Gasteiger partial charge is 0.250 e. The van der Waals surface area contributed by atoms with E-state index in [1.807, 2.05) is 38.3 Å². The summed E-state index contributed by atoms with van der Waals surface area (Å²) in [5, 5.41) is 5.18. The Morgan fingerprint density at radius 3 is 2.76 bits per heavy atom. The molecule has 7 heteroatoms. The van der Waals surface area contributed by atoms with E-state index in [1.54, 1.807) is 17.4 Å². The molecule has 2 N–H and O–H groups in total. The predicted octanol–water partition coefficient (Wildman–Crippen LogP) is 3.27. The van der Waals surface area contributed by atoms with Gasteiger partial charge in [0.25, 0.3) is 10.0 Å². The molecule has 0 spiro atoms. The van der Waals surface area contributed by atoms with Crippen molar-refractivity contribution in [2.24, 2.45) is 0 Å². The van der Waals surface area contributed by atoms with Crippen LogP contribution in [0, 0.1) is 6.92 Å². The van der Waals surface area contributed by atoms with E-state index in [2.05, 4.69) is 10.0 Å². The van der Waals surface area contributed by atoms with Gasteiger partial charge in [-0.3, -0.25) is 0 Å². The van der Waals surface area contributed by atoms with Gasteiger partial charge in [0, 0.05) is 16.3 Å². The minimum atomic E-state index is -3.46. The molecule has 0 fully saturated rings. The van der Waals surface area contributed by atoms with Crippen LogP contribution in [-0.2, 0) is 16.6 Å². The largest absolute Gasteiger partial charge is 0.312 e. The molecule has 0 saturated heterocycles. The second-order valence-electron chi connectivity index (χ2n) is 4.81. The summed E-state index contributed by atoms with van der Waals surface area (Å²) in [5.41, 5.74) is 1.02. The fourth-order valence-electron chi connectivity index (χ4n) is 1.92. The number of hydrogen-bond donors (Lipinski definition) is 2. The molecule has 0 radical (unpaired) electrons. The lowest BCUT2D eigenvalue weighted by Crippen LogP contribution is -2.25. The van der Waals surface area contributed by atoms with Crippen LogP contribution in [-0.4, -0.2) is 15.0 Å². The molecule has 116 valence electrons. The number of sulfonamides is 1. The Balaban J connectivity index is 2.16. The van der Waals surface area contributed by atoms with E-state index in [0.29, 0.717) is 10.8 Å². The molecule has 2 rings (SSSR count). The van der Waals surface area contributed by atoms with Crippen molar-refractivity contribution < 1.29 is 8.42 Å². The van der Waals surface area contributed by atoms with Gasteiger partial charge in [-0.15, -0.1) is 22.7 Å². The van der Waals surface area contributed by atoms with Crippen molar-refractivity contribution in [3.8, 4) is 0 Å². The van der Waals surface area contributed by atoms with E-state index in [9.17, 15) is 8.42 Å². The number of rotatable bonds is 7. The summed E-state index contributed by atoms with van der Waals surface area (Å²) >= 11 is 2.89. The van der Waals surface area contributed by atoms with Crippen LogP contribution in [0.5, 0.6) is 0 Å². The lowest BCUT2D eigenvalue weighted by molar-refractivity contribution is 0.570. The summed E-state index contributed by atoms with van der Waals surface area (Å²) in [6, 6.07) is 5.40. The lowest BCUT2D eigenvalue weighted by atomic mass is 10.3. The molecule has 0 aliphatic heterocycles. The van der Waals surface area contributed by atoms with Gasteiger partial charge >= 0.3 is 0 Å². The van der Waals surface area contributed by atoms with Crippen molar-refractivity contribution in [2.45, 2.75) is 37.6 Å². The fraction of sp³-hybridized carbons (Fsp3) is 0.429. The molecule has 2 aromatic rings. The molecule has 4 nitrogen and oxygen atoms in total. The summed E-state index contributed by atoms with van der Waals surface area (Å²) in [7, 11) is -3.46. The zero-order valence-corrected chi connectivity index (χ0v) is 14.8. The molecule has 0 aliphatic carbocycles. The summed E-state index contributed by atoms with van der Waals surface area (Å²) in [5.74, 6) is 0. The number of nitrogens with one attached hydrogen (secondary N) is 2. The molecular weight excluding hydrogens is 324 g/mol. The first kappa shape index (κ1) is 16.6. The predicted molar refractivity (Wildman–Crippen MR) is 89.5 cm³/mol. The van der Waals surface area contributed by atoms with Crippen molar-refractivity contribution in [2.75, 3.05) is 6.54 Å². The third kappa shape index (κ3) is 4.14. The van der Waals surface area contributed by atoms with Gasteiger partial charge < -0.3 is 5.32 Å². The normalized spacial score (nSPS) is 13.5. The van der Waals surface area contributed by atoms with E-state index in [1.165, 1.54) is 11.3 Å². The fourth-order valence-corrected chi connectivity index (χ4v) is 5.53. The third-order valence-electron chi connectivity index (χ3n) is 3.10. The maximum Gasteiger partial charge on any atom is 0.250 e. The summed E-state index contributed by atoms with van der Waals surface area (Å²) < 4.78 is 28.1. The second kappa shape index (κ2) is 7.02. The first-order chi connectivity index (χ1) is 9.94. The molecule has 1 unspecified atom stereocenters. The van der Waals surface area contributed by atoms with Crippen molar-refractivity contribution in [3.05, 3.63) is 38.9 Å². The van der Waals surface area contributed by atoms with Crippen molar-refractivity contribution in [1.82, 2.24) is 10.0 Å². The van der Waals surface area contributed by atoms with Gasteiger partial charge in [0.05, 0.1) is 6.04 Å². The van der Waals surface area contributed by atoms with Crippen LogP contribution in [0.3, 0.4) is 0 Å². The average molecular weight is 345 g/mol. The monoisotopic (exact) mass is 344 g/mol. The van der Waals surface area contributed by atoms with Gasteiger partial charge in [0.2, 0.25) is 0 Å². The number of thiophene rings is 2. The van der Waals surface area contributed by atoms with Gasteiger partial charge in [-0.1, -0.05) is 13.0 Å². The van der Waals surface area contributed by atoms with Gasteiger partial charge in [-0.2, -0.15) is 0 Å². The topological polar surface area (TPSA) is 58.2 Å². The first-order valence-electron chi connectivity index (χ1n) is 6.79. The van der Waals surface area contributed by atoms with E-state index in [-0.39, 0.29) is 6.04 Å². The highest BCUT2D eigenvalue weighted by molar-refractivity contribution is 7.91. The second-order valence-corrected chi connectivity index (χ2v) is 8.87. The Morgan fingerprint density at radius 1 is 1.38 bits per heavy atom. The van der Waals surface area contributed by atoms with Crippen LogP contribution >= 0.6 is 22.7 Å². The minimum Gasteiger partial charge on any atom is -0.312 e. The van der Waals surface area contributed by atoms with Gasteiger partial charge in [-0.05, 0) is 43.5 Å². The van der Waals surface area contributed by atoms with Crippen molar-refractivity contribution in [3.63, 3.8) is 0 Å². The van der Waals surface area contributed by atoms with Gasteiger partial charge in [0.1, 0.15) is 4.21 Å². The van der Waals surface area contributed by atoms with Crippen LogP contribution in [0.15, 0.2) is 27.8 Å². The van der Waals surface area contributed by atoms with Gasteiger partial charge in [0.15, 0.2) is 0 Å².